The van der Waals surface area contributed by atoms with Crippen molar-refractivity contribution in [3.05, 3.63) is 35.6 Å². The van der Waals surface area contributed by atoms with Crippen molar-refractivity contribution < 1.29 is 18.7 Å². The Bertz CT molecular complexity index is 684. The van der Waals surface area contributed by atoms with Gasteiger partial charge in [0.1, 0.15) is 17.5 Å². The molecular weight excluding hydrogens is 347 g/mol. The van der Waals surface area contributed by atoms with Gasteiger partial charge in [0, 0.05) is 19.1 Å². The molecule has 5 nitrogen and oxygen atoms in total. The van der Waals surface area contributed by atoms with Gasteiger partial charge < -0.3 is 9.64 Å². The Morgan fingerprint density at radius 3 is 2.37 bits per heavy atom. The molecule has 2 amide bonds. The van der Waals surface area contributed by atoms with E-state index in [-0.39, 0.29) is 17.8 Å². The van der Waals surface area contributed by atoms with Gasteiger partial charge in [0.2, 0.25) is 5.91 Å². The van der Waals surface area contributed by atoms with Crippen LogP contribution in [0.15, 0.2) is 24.3 Å². The fourth-order valence-electron chi connectivity index (χ4n) is 3.98. The van der Waals surface area contributed by atoms with Gasteiger partial charge in [0.15, 0.2) is 0 Å². The monoisotopic (exact) mass is 376 g/mol. The average molecular weight is 376 g/mol. The highest BCUT2D eigenvalue weighted by atomic mass is 19.1. The Morgan fingerprint density at radius 2 is 1.70 bits per heavy atom. The molecule has 148 valence electrons. The quantitative estimate of drug-likeness (QED) is 0.807. The molecule has 0 radical (unpaired) electrons. The van der Waals surface area contributed by atoms with E-state index in [2.05, 4.69) is 0 Å². The highest BCUT2D eigenvalue weighted by Gasteiger charge is 2.41. The van der Waals surface area contributed by atoms with Gasteiger partial charge in [-0.3, -0.25) is 9.69 Å². The maximum Gasteiger partial charge on any atom is 0.410 e. The topological polar surface area (TPSA) is 49.9 Å². The zero-order chi connectivity index (χ0) is 19.6. The first-order valence-electron chi connectivity index (χ1n) is 9.79. The minimum Gasteiger partial charge on any atom is -0.444 e. The summed E-state index contributed by atoms with van der Waals surface area (Å²) in [4.78, 5) is 29.2. The molecule has 3 rings (SSSR count). The van der Waals surface area contributed by atoms with Gasteiger partial charge >= 0.3 is 6.09 Å². The number of nitrogens with zero attached hydrogens (tertiary/aromatic N) is 2. The lowest BCUT2D eigenvalue weighted by Gasteiger charge is -2.32. The molecule has 27 heavy (non-hydrogen) atoms. The lowest BCUT2D eigenvalue weighted by molar-refractivity contribution is -0.136. The van der Waals surface area contributed by atoms with E-state index in [0.29, 0.717) is 25.9 Å². The van der Waals surface area contributed by atoms with E-state index in [0.717, 1.165) is 24.8 Å². The maximum absolute atomic E-state index is 13.2. The second-order valence-electron chi connectivity index (χ2n) is 8.49. The Morgan fingerprint density at radius 1 is 1.07 bits per heavy atom. The number of amides is 2. The van der Waals surface area contributed by atoms with Crippen LogP contribution in [0.4, 0.5) is 9.18 Å². The van der Waals surface area contributed by atoms with Crippen molar-refractivity contribution in [1.29, 1.82) is 0 Å². The normalized spacial score (nSPS) is 23.0. The maximum atomic E-state index is 13.2. The van der Waals surface area contributed by atoms with E-state index in [1.54, 1.807) is 17.0 Å². The fraction of sp³-hybridized carbons (Fsp3) is 0.619. The van der Waals surface area contributed by atoms with Crippen molar-refractivity contribution in [2.24, 2.45) is 0 Å². The number of carbonyl (C=O) groups excluding carboxylic acids is 2. The predicted octanol–water partition coefficient (Wildman–Crippen LogP) is 3.76. The van der Waals surface area contributed by atoms with Gasteiger partial charge in [0.05, 0.1) is 0 Å². The van der Waals surface area contributed by atoms with Crippen LogP contribution < -0.4 is 0 Å². The van der Waals surface area contributed by atoms with Crippen LogP contribution in [0, 0.1) is 5.82 Å². The number of halogens is 1. The van der Waals surface area contributed by atoms with Gasteiger partial charge in [0.25, 0.3) is 0 Å². The summed E-state index contributed by atoms with van der Waals surface area (Å²) in [5.74, 6) is -0.236. The molecule has 2 aliphatic rings. The third kappa shape index (κ3) is 4.79. The number of hydrogen-bond donors (Lipinski definition) is 0. The van der Waals surface area contributed by atoms with Crippen LogP contribution in [0.3, 0.4) is 0 Å². The van der Waals surface area contributed by atoms with Crippen molar-refractivity contribution in [2.75, 3.05) is 13.1 Å². The van der Waals surface area contributed by atoms with Crippen LogP contribution in [-0.4, -0.2) is 52.6 Å². The Labute approximate surface area is 160 Å². The van der Waals surface area contributed by atoms with Crippen LogP contribution in [0.2, 0.25) is 0 Å². The number of hydrogen-bond acceptors (Lipinski definition) is 3. The second-order valence-corrected chi connectivity index (χ2v) is 8.49. The smallest absolute Gasteiger partial charge is 0.410 e. The highest BCUT2D eigenvalue weighted by Crippen LogP contribution is 2.27. The predicted molar refractivity (Wildman–Crippen MR) is 101 cm³/mol. The number of rotatable bonds is 3. The Balaban J connectivity index is 1.67. The van der Waals surface area contributed by atoms with Gasteiger partial charge in [-0.15, -0.1) is 0 Å². The van der Waals surface area contributed by atoms with E-state index < -0.39 is 17.7 Å². The van der Waals surface area contributed by atoms with E-state index in [4.69, 9.17) is 4.74 Å². The first kappa shape index (κ1) is 19.6. The molecule has 2 fully saturated rings. The lowest BCUT2D eigenvalue weighted by atomic mass is 10.0. The van der Waals surface area contributed by atoms with Crippen molar-refractivity contribution in [3.63, 3.8) is 0 Å². The molecule has 0 aromatic heterocycles. The van der Waals surface area contributed by atoms with E-state index in [9.17, 15) is 14.0 Å². The Hall–Kier alpha value is -2.11. The van der Waals surface area contributed by atoms with Crippen molar-refractivity contribution in [1.82, 2.24) is 9.80 Å². The molecule has 2 unspecified atom stereocenters. The first-order valence-corrected chi connectivity index (χ1v) is 9.79. The molecule has 0 N–H and O–H groups in total. The second kappa shape index (κ2) is 7.87. The number of ether oxygens (including phenoxy) is 1. The van der Waals surface area contributed by atoms with E-state index >= 15 is 0 Å². The molecule has 6 heteroatoms. The van der Waals surface area contributed by atoms with Crippen molar-refractivity contribution >= 4 is 12.0 Å². The lowest BCUT2D eigenvalue weighted by Crippen LogP contribution is -2.50. The van der Waals surface area contributed by atoms with Crippen LogP contribution in [0.25, 0.3) is 0 Å². The molecule has 0 aliphatic carbocycles. The zero-order valence-electron chi connectivity index (χ0n) is 16.4. The number of benzene rings is 1. The molecule has 2 saturated heterocycles. The standard InChI is InChI=1S/C21H29FN2O3/c1-21(2,3)27-20(26)24-13-5-7-18(24)19(25)23-12-4-6-17(23)14-15-8-10-16(22)11-9-15/h8-11,17-18H,4-7,12-14H2,1-3H3. The third-order valence-corrected chi connectivity index (χ3v) is 5.21. The largest absolute Gasteiger partial charge is 0.444 e. The van der Waals surface area contributed by atoms with Gasteiger partial charge in [-0.2, -0.15) is 0 Å². The summed E-state index contributed by atoms with van der Waals surface area (Å²) in [6.45, 7) is 6.76. The molecule has 1 aromatic carbocycles. The number of likely N-dealkylation sites (tertiary alicyclic amines) is 2. The van der Waals surface area contributed by atoms with Crippen LogP contribution in [0.1, 0.15) is 52.0 Å². The first-order chi connectivity index (χ1) is 12.7. The van der Waals surface area contributed by atoms with Gasteiger partial charge in [-0.05, 0) is 70.6 Å². The molecule has 2 atom stereocenters. The molecule has 0 saturated carbocycles. The summed E-state index contributed by atoms with van der Waals surface area (Å²) >= 11 is 0. The fourth-order valence-corrected chi connectivity index (χ4v) is 3.98. The molecule has 2 aliphatic heterocycles. The summed E-state index contributed by atoms with van der Waals surface area (Å²) in [5, 5.41) is 0. The van der Waals surface area contributed by atoms with Crippen molar-refractivity contribution in [3.8, 4) is 0 Å². The minimum atomic E-state index is -0.577. The highest BCUT2D eigenvalue weighted by molar-refractivity contribution is 5.86. The average Bonchev–Trinajstić information content (AvgIpc) is 3.24. The third-order valence-electron chi connectivity index (χ3n) is 5.21. The summed E-state index contributed by atoms with van der Waals surface area (Å²) in [7, 11) is 0. The van der Waals surface area contributed by atoms with E-state index in [1.807, 2.05) is 25.7 Å². The SMILES string of the molecule is CC(C)(C)OC(=O)N1CCCC1C(=O)N1CCCC1Cc1ccc(F)cc1. The van der Waals surface area contributed by atoms with Gasteiger partial charge in [-0.25, -0.2) is 9.18 Å². The van der Waals surface area contributed by atoms with Gasteiger partial charge in [-0.1, -0.05) is 12.1 Å². The molecule has 2 heterocycles. The summed E-state index contributed by atoms with van der Waals surface area (Å²) in [6, 6.07) is 6.13. The van der Waals surface area contributed by atoms with Crippen molar-refractivity contribution in [2.45, 2.75) is 70.6 Å². The summed E-state index contributed by atoms with van der Waals surface area (Å²) in [6.07, 6.45) is 3.68. The molecule has 0 bridgehead atoms. The summed E-state index contributed by atoms with van der Waals surface area (Å²) < 4.78 is 18.6. The van der Waals surface area contributed by atoms with Crippen LogP contribution in [-0.2, 0) is 16.0 Å². The zero-order valence-corrected chi connectivity index (χ0v) is 16.4. The Kier molecular flexibility index (Phi) is 5.72. The van der Waals surface area contributed by atoms with Crippen LogP contribution >= 0.6 is 0 Å². The minimum absolute atomic E-state index is 0.0166. The molecular formula is C21H29FN2O3. The molecule has 0 spiro atoms. The number of carbonyl (C=O) groups is 2. The summed E-state index contributed by atoms with van der Waals surface area (Å²) in [5.41, 5.74) is 0.447. The molecule has 1 aromatic rings. The van der Waals surface area contributed by atoms with Crippen LogP contribution in [0.5, 0.6) is 0 Å². The van der Waals surface area contributed by atoms with E-state index in [1.165, 1.54) is 12.1 Å².